The Morgan fingerprint density at radius 2 is 1.37 bits per heavy atom. The second-order valence-electron chi connectivity index (χ2n) is 5.09. The maximum absolute atomic E-state index is 9.91. The summed E-state index contributed by atoms with van der Waals surface area (Å²) < 4.78 is 0. The van der Waals surface area contributed by atoms with E-state index in [1.54, 1.807) is 6.41 Å². The number of unbranched alkanes of at least 4 members (excludes halogenated alkanes) is 7. The number of amides is 1. The van der Waals surface area contributed by atoms with E-state index in [0.717, 1.165) is 13.0 Å². The number of hydrogen-bond acceptors (Lipinski definition) is 1. The highest BCUT2D eigenvalue weighted by molar-refractivity contribution is 5.46. The Morgan fingerprint density at radius 3 is 2.00 bits per heavy atom. The van der Waals surface area contributed by atoms with Crippen molar-refractivity contribution in [2.45, 2.75) is 57.8 Å². The van der Waals surface area contributed by atoms with Crippen LogP contribution in [0.25, 0.3) is 0 Å². The molecule has 0 spiro atoms. The van der Waals surface area contributed by atoms with Crippen molar-refractivity contribution in [3.05, 3.63) is 35.9 Å². The molecule has 19 heavy (non-hydrogen) atoms. The summed E-state index contributed by atoms with van der Waals surface area (Å²) in [5.41, 5.74) is 1.46. The molecule has 0 atom stereocenters. The Bertz CT molecular complexity index is 310. The Balaban J connectivity index is 1.80. The zero-order valence-corrected chi connectivity index (χ0v) is 11.9. The molecular weight excluding hydrogens is 234 g/mol. The fourth-order valence-electron chi connectivity index (χ4n) is 2.30. The van der Waals surface area contributed by atoms with Crippen molar-refractivity contribution in [2.24, 2.45) is 0 Å². The Hall–Kier alpha value is -1.31. The molecule has 1 amide bonds. The second-order valence-corrected chi connectivity index (χ2v) is 5.09. The lowest BCUT2D eigenvalue weighted by Gasteiger charge is -2.03. The van der Waals surface area contributed by atoms with Crippen LogP contribution in [0.2, 0.25) is 0 Å². The maximum atomic E-state index is 9.91. The molecule has 1 rings (SSSR count). The standard InChI is InChI=1S/C17H26NO/c19-16-18-15-11-6-4-2-1-3-5-8-12-17-13-9-7-10-14-17/h7,9-10,13-14H,1-6,8,11-12,15H2,(H,18,19). The van der Waals surface area contributed by atoms with Crippen molar-refractivity contribution in [3.63, 3.8) is 0 Å². The lowest BCUT2D eigenvalue weighted by atomic mass is 10.0. The average Bonchev–Trinajstić information content (AvgIpc) is 2.46. The van der Waals surface area contributed by atoms with E-state index in [1.807, 2.05) is 0 Å². The number of carbonyl (C=O) groups excluding carboxylic acids is 1. The van der Waals surface area contributed by atoms with Gasteiger partial charge in [-0.1, -0.05) is 68.9 Å². The predicted molar refractivity (Wildman–Crippen MR) is 80.8 cm³/mol. The number of benzene rings is 1. The Kier molecular flexibility index (Phi) is 9.75. The van der Waals surface area contributed by atoms with Gasteiger partial charge >= 0.3 is 6.41 Å². The molecule has 0 bridgehead atoms. The topological polar surface area (TPSA) is 29.1 Å². The third-order valence-corrected chi connectivity index (χ3v) is 3.43. The average molecular weight is 260 g/mol. The largest absolute Gasteiger partial charge is 0.348 e. The SMILES string of the molecule is O=[C]NCCCCCCCCCCc1ccccc1. The molecule has 2 nitrogen and oxygen atoms in total. The zero-order valence-electron chi connectivity index (χ0n) is 11.9. The van der Waals surface area contributed by atoms with E-state index in [2.05, 4.69) is 35.6 Å². The minimum atomic E-state index is 0.778. The number of hydrogen-bond donors (Lipinski definition) is 1. The third-order valence-electron chi connectivity index (χ3n) is 3.43. The molecule has 2 heteroatoms. The molecule has 1 radical (unpaired) electrons. The molecule has 0 fully saturated rings. The number of nitrogens with one attached hydrogen (secondary N) is 1. The summed E-state index contributed by atoms with van der Waals surface area (Å²) in [5, 5.41) is 2.58. The Morgan fingerprint density at radius 1 is 0.789 bits per heavy atom. The van der Waals surface area contributed by atoms with Crippen molar-refractivity contribution in [1.29, 1.82) is 0 Å². The highest BCUT2D eigenvalue weighted by atomic mass is 16.1. The fraction of sp³-hybridized carbons (Fsp3) is 0.588. The third kappa shape index (κ3) is 9.29. The molecule has 0 aromatic heterocycles. The second kappa shape index (κ2) is 11.8. The van der Waals surface area contributed by atoms with Gasteiger partial charge in [-0.2, -0.15) is 0 Å². The normalized spacial score (nSPS) is 10.3. The van der Waals surface area contributed by atoms with E-state index in [0.29, 0.717) is 0 Å². The summed E-state index contributed by atoms with van der Waals surface area (Å²) in [4.78, 5) is 9.91. The summed E-state index contributed by atoms with van der Waals surface area (Å²) >= 11 is 0. The van der Waals surface area contributed by atoms with Crippen LogP contribution >= 0.6 is 0 Å². The summed E-state index contributed by atoms with van der Waals surface area (Å²) in [6, 6.07) is 10.7. The molecule has 105 valence electrons. The van der Waals surface area contributed by atoms with Gasteiger partial charge in [0.05, 0.1) is 0 Å². The first-order chi connectivity index (χ1) is 9.43. The van der Waals surface area contributed by atoms with Gasteiger partial charge in [-0.25, -0.2) is 0 Å². The van der Waals surface area contributed by atoms with E-state index in [1.165, 1.54) is 56.9 Å². The van der Waals surface area contributed by atoms with Crippen molar-refractivity contribution < 1.29 is 4.79 Å². The van der Waals surface area contributed by atoms with Gasteiger partial charge in [-0.05, 0) is 24.8 Å². The molecule has 0 heterocycles. The van der Waals surface area contributed by atoms with Crippen molar-refractivity contribution in [2.75, 3.05) is 6.54 Å². The first-order valence-electron chi connectivity index (χ1n) is 7.57. The van der Waals surface area contributed by atoms with Crippen LogP contribution in [-0.4, -0.2) is 13.0 Å². The van der Waals surface area contributed by atoms with Gasteiger partial charge in [-0.15, -0.1) is 0 Å². The van der Waals surface area contributed by atoms with E-state index in [9.17, 15) is 4.79 Å². The van der Waals surface area contributed by atoms with Gasteiger partial charge in [0.15, 0.2) is 0 Å². The Labute approximate surface area is 117 Å². The first-order valence-corrected chi connectivity index (χ1v) is 7.57. The van der Waals surface area contributed by atoms with Crippen LogP contribution in [0, 0.1) is 0 Å². The molecule has 1 aromatic carbocycles. The van der Waals surface area contributed by atoms with Crippen LogP contribution in [0.3, 0.4) is 0 Å². The quantitative estimate of drug-likeness (QED) is 0.446. The van der Waals surface area contributed by atoms with Crippen LogP contribution in [0.15, 0.2) is 30.3 Å². The van der Waals surface area contributed by atoms with Crippen molar-refractivity contribution >= 4 is 6.41 Å². The van der Waals surface area contributed by atoms with E-state index in [-0.39, 0.29) is 0 Å². The molecule has 0 aliphatic rings. The summed E-state index contributed by atoms with van der Waals surface area (Å²) in [5.74, 6) is 0. The van der Waals surface area contributed by atoms with Gasteiger partial charge in [-0.3, -0.25) is 4.79 Å². The predicted octanol–water partition coefficient (Wildman–Crippen LogP) is 4.01. The van der Waals surface area contributed by atoms with Gasteiger partial charge < -0.3 is 5.32 Å². The minimum absolute atomic E-state index is 0.778. The highest BCUT2D eigenvalue weighted by Crippen LogP contribution is 2.11. The summed E-state index contributed by atoms with van der Waals surface area (Å²) in [6.45, 7) is 0.778. The molecule has 0 saturated carbocycles. The van der Waals surface area contributed by atoms with Gasteiger partial charge in [0.1, 0.15) is 0 Å². The van der Waals surface area contributed by atoms with Crippen LogP contribution < -0.4 is 5.32 Å². The molecule has 0 unspecified atom stereocenters. The van der Waals surface area contributed by atoms with Crippen LogP contribution in [-0.2, 0) is 11.2 Å². The van der Waals surface area contributed by atoms with Crippen LogP contribution in [0.4, 0.5) is 0 Å². The smallest absolute Gasteiger partial charge is 0.309 e. The van der Waals surface area contributed by atoms with E-state index in [4.69, 9.17) is 0 Å². The highest BCUT2D eigenvalue weighted by Gasteiger charge is 1.94. The maximum Gasteiger partial charge on any atom is 0.309 e. The van der Waals surface area contributed by atoms with Crippen molar-refractivity contribution in [1.82, 2.24) is 5.32 Å². The lowest BCUT2D eigenvalue weighted by molar-refractivity contribution is 0.532. The summed E-state index contributed by atoms with van der Waals surface area (Å²) in [7, 11) is 0. The summed E-state index contributed by atoms with van der Waals surface area (Å²) in [6.07, 6.45) is 13.2. The molecule has 0 aliphatic heterocycles. The lowest BCUT2D eigenvalue weighted by Crippen LogP contribution is -2.11. The van der Waals surface area contributed by atoms with E-state index < -0.39 is 0 Å². The minimum Gasteiger partial charge on any atom is -0.348 e. The van der Waals surface area contributed by atoms with Crippen LogP contribution in [0.1, 0.15) is 56.9 Å². The van der Waals surface area contributed by atoms with Crippen molar-refractivity contribution in [3.8, 4) is 0 Å². The molecule has 0 saturated heterocycles. The van der Waals surface area contributed by atoms with Crippen LogP contribution in [0.5, 0.6) is 0 Å². The van der Waals surface area contributed by atoms with Gasteiger partial charge in [0.25, 0.3) is 0 Å². The first kappa shape index (κ1) is 15.7. The van der Waals surface area contributed by atoms with Gasteiger partial charge in [0, 0.05) is 6.54 Å². The monoisotopic (exact) mass is 260 g/mol. The molecular formula is C17H26NO. The molecule has 0 aliphatic carbocycles. The molecule has 1 aromatic rings. The molecule has 1 N–H and O–H groups in total. The zero-order chi connectivity index (χ0) is 13.6. The fourth-order valence-corrected chi connectivity index (χ4v) is 2.30. The van der Waals surface area contributed by atoms with Gasteiger partial charge in [0.2, 0.25) is 0 Å². The number of aryl methyl sites for hydroxylation is 1. The number of rotatable bonds is 12. The van der Waals surface area contributed by atoms with E-state index >= 15 is 0 Å².